The second-order valence-electron chi connectivity index (χ2n) is 10.0. The van der Waals surface area contributed by atoms with Gasteiger partial charge in [-0.1, -0.05) is 48.5 Å². The Morgan fingerprint density at radius 3 is 2.41 bits per heavy atom. The van der Waals surface area contributed by atoms with Gasteiger partial charge in [-0.15, -0.1) is 0 Å². The molecule has 2 fully saturated rings. The number of hydrogen-bond acceptors (Lipinski definition) is 3. The minimum Gasteiger partial charge on any atom is -0.478 e. The summed E-state index contributed by atoms with van der Waals surface area (Å²) in [4.78, 5) is 17.5. The van der Waals surface area contributed by atoms with Gasteiger partial charge in [0.05, 0.1) is 42.5 Å². The van der Waals surface area contributed by atoms with Crippen LogP contribution in [0, 0.1) is 0 Å². The molecule has 0 bridgehead atoms. The molecule has 0 spiro atoms. The molecule has 2 N–H and O–H groups in total. The Morgan fingerprint density at radius 1 is 0.971 bits per heavy atom. The monoisotopic (exact) mass is 458 g/mol. The molecule has 0 saturated carbocycles. The Balaban J connectivity index is 1.50. The van der Waals surface area contributed by atoms with Gasteiger partial charge in [-0.25, -0.2) is 9.78 Å². The number of hydrogen-bond donors (Lipinski definition) is 2. The van der Waals surface area contributed by atoms with E-state index >= 15 is 0 Å². The third-order valence-corrected chi connectivity index (χ3v) is 8.07. The van der Waals surface area contributed by atoms with Crippen molar-refractivity contribution in [1.82, 2.24) is 10.3 Å². The predicted molar refractivity (Wildman–Crippen MR) is 137 cm³/mol. The van der Waals surface area contributed by atoms with Crippen LogP contribution >= 0.6 is 0 Å². The van der Waals surface area contributed by atoms with Gasteiger partial charge in [0.1, 0.15) is 0 Å². The lowest BCUT2D eigenvalue weighted by atomic mass is 9.92. The number of nitrogens with zero attached hydrogens (tertiary/aromatic N) is 2. The SMILES string of the molecule is O=C(O)c1c(CCC[N+]2(C3CCNCC3)CCCCC2)c(-c2ccccc2)nc2ccccc12. The number of carboxylic acid groups (broad SMARTS) is 1. The van der Waals surface area contributed by atoms with Crippen LogP contribution in [0.15, 0.2) is 54.6 Å². The highest BCUT2D eigenvalue weighted by molar-refractivity contribution is 6.05. The van der Waals surface area contributed by atoms with Crippen LogP contribution < -0.4 is 5.32 Å². The van der Waals surface area contributed by atoms with Crippen LogP contribution in [0.2, 0.25) is 0 Å². The number of likely N-dealkylation sites (tertiary alicyclic amines) is 1. The van der Waals surface area contributed by atoms with E-state index < -0.39 is 5.97 Å². The van der Waals surface area contributed by atoms with Gasteiger partial charge in [0, 0.05) is 43.3 Å². The highest BCUT2D eigenvalue weighted by atomic mass is 16.4. The fourth-order valence-electron chi connectivity index (χ4n) is 6.41. The van der Waals surface area contributed by atoms with Gasteiger partial charge in [-0.2, -0.15) is 0 Å². The second kappa shape index (κ2) is 10.2. The summed E-state index contributed by atoms with van der Waals surface area (Å²) in [6.07, 6.45) is 8.23. The molecule has 0 amide bonds. The molecule has 2 saturated heterocycles. The van der Waals surface area contributed by atoms with E-state index in [1.807, 2.05) is 54.6 Å². The quantitative estimate of drug-likeness (QED) is 0.473. The van der Waals surface area contributed by atoms with Crippen molar-refractivity contribution in [3.05, 3.63) is 65.7 Å². The van der Waals surface area contributed by atoms with Crippen LogP contribution in [-0.2, 0) is 6.42 Å². The average molecular weight is 459 g/mol. The molecule has 0 atom stereocenters. The summed E-state index contributed by atoms with van der Waals surface area (Å²) in [7, 11) is 0. The molecule has 3 aromatic rings. The van der Waals surface area contributed by atoms with Crippen molar-refractivity contribution in [2.75, 3.05) is 32.7 Å². The molecule has 1 aromatic heterocycles. The van der Waals surface area contributed by atoms with Crippen LogP contribution in [0.1, 0.15) is 54.4 Å². The highest BCUT2D eigenvalue weighted by Gasteiger charge is 2.38. The molecular weight excluding hydrogens is 422 g/mol. The number of carbonyl (C=O) groups is 1. The van der Waals surface area contributed by atoms with Crippen molar-refractivity contribution < 1.29 is 14.4 Å². The normalized spacial score (nSPS) is 18.7. The van der Waals surface area contributed by atoms with E-state index in [0.29, 0.717) is 5.56 Å². The molecule has 0 unspecified atom stereocenters. The lowest BCUT2D eigenvalue weighted by Gasteiger charge is -2.49. The van der Waals surface area contributed by atoms with E-state index in [0.717, 1.165) is 66.2 Å². The maximum absolute atomic E-state index is 12.6. The third kappa shape index (κ3) is 4.59. The van der Waals surface area contributed by atoms with Crippen molar-refractivity contribution >= 4 is 16.9 Å². The summed E-state index contributed by atoms with van der Waals surface area (Å²) in [6.45, 7) is 5.93. The van der Waals surface area contributed by atoms with Gasteiger partial charge in [0.25, 0.3) is 0 Å². The Bertz CT molecular complexity index is 1130. The zero-order valence-electron chi connectivity index (χ0n) is 20.0. The largest absolute Gasteiger partial charge is 0.478 e. The molecule has 0 radical (unpaired) electrons. The topological polar surface area (TPSA) is 62.2 Å². The number of rotatable bonds is 7. The fourth-order valence-corrected chi connectivity index (χ4v) is 6.41. The number of carboxylic acids is 1. The number of nitrogens with one attached hydrogen (secondary N) is 1. The van der Waals surface area contributed by atoms with E-state index in [1.54, 1.807) is 0 Å². The Labute approximate surface area is 202 Å². The maximum atomic E-state index is 12.6. The number of fused-ring (bicyclic) bond motifs is 1. The lowest BCUT2D eigenvalue weighted by Crippen LogP contribution is -2.61. The van der Waals surface area contributed by atoms with Crippen molar-refractivity contribution in [1.29, 1.82) is 0 Å². The predicted octanol–water partition coefficient (Wildman–Crippen LogP) is 5.29. The van der Waals surface area contributed by atoms with Crippen LogP contribution in [-0.4, -0.2) is 59.3 Å². The molecule has 0 aliphatic carbocycles. The Kier molecular flexibility index (Phi) is 6.93. The molecule has 5 nitrogen and oxygen atoms in total. The number of para-hydroxylation sites is 1. The van der Waals surface area contributed by atoms with Crippen LogP contribution in [0.5, 0.6) is 0 Å². The fraction of sp³-hybridized carbons (Fsp3) is 0.448. The number of benzene rings is 2. The van der Waals surface area contributed by atoms with Crippen LogP contribution in [0.25, 0.3) is 22.2 Å². The molecule has 2 aliphatic rings. The first-order valence-corrected chi connectivity index (χ1v) is 12.9. The first kappa shape index (κ1) is 23.0. The van der Waals surface area contributed by atoms with E-state index in [1.165, 1.54) is 49.7 Å². The van der Waals surface area contributed by atoms with Gasteiger partial charge < -0.3 is 14.9 Å². The summed E-state index contributed by atoms with van der Waals surface area (Å²) in [6, 6.07) is 18.5. The molecule has 5 heteroatoms. The number of aromatic carboxylic acids is 1. The maximum Gasteiger partial charge on any atom is 0.336 e. The lowest BCUT2D eigenvalue weighted by molar-refractivity contribution is -0.956. The zero-order valence-corrected chi connectivity index (χ0v) is 20.0. The van der Waals surface area contributed by atoms with E-state index in [2.05, 4.69) is 5.32 Å². The number of piperidine rings is 2. The first-order chi connectivity index (χ1) is 16.7. The van der Waals surface area contributed by atoms with Crippen molar-refractivity contribution in [2.24, 2.45) is 0 Å². The van der Waals surface area contributed by atoms with Crippen molar-refractivity contribution in [3.8, 4) is 11.3 Å². The van der Waals surface area contributed by atoms with Gasteiger partial charge >= 0.3 is 5.97 Å². The van der Waals surface area contributed by atoms with Gasteiger partial charge in [0.15, 0.2) is 0 Å². The summed E-state index contributed by atoms with van der Waals surface area (Å²) in [5, 5.41) is 14.6. The van der Waals surface area contributed by atoms with E-state index in [9.17, 15) is 9.90 Å². The zero-order chi connectivity index (χ0) is 23.4. The second-order valence-corrected chi connectivity index (χ2v) is 10.0. The average Bonchev–Trinajstić information content (AvgIpc) is 2.89. The van der Waals surface area contributed by atoms with E-state index in [-0.39, 0.29) is 0 Å². The van der Waals surface area contributed by atoms with Gasteiger partial charge in [-0.3, -0.25) is 0 Å². The molecule has 3 heterocycles. The Morgan fingerprint density at radius 2 is 1.68 bits per heavy atom. The number of aromatic nitrogens is 1. The highest BCUT2D eigenvalue weighted by Crippen LogP contribution is 2.33. The van der Waals surface area contributed by atoms with Gasteiger partial charge in [0.2, 0.25) is 0 Å². The summed E-state index contributed by atoms with van der Waals surface area (Å²) in [5.41, 5.74) is 3.88. The van der Waals surface area contributed by atoms with Crippen molar-refractivity contribution in [2.45, 2.75) is 51.0 Å². The summed E-state index contributed by atoms with van der Waals surface area (Å²) < 4.78 is 1.23. The van der Waals surface area contributed by atoms with Crippen molar-refractivity contribution in [3.63, 3.8) is 0 Å². The number of quaternary nitrogens is 1. The van der Waals surface area contributed by atoms with Crippen LogP contribution in [0.4, 0.5) is 0 Å². The standard InChI is InChI=1S/C29H35N3O2/c33-29(34)27-24-12-5-6-14-26(24)31-28(22-10-3-1-4-11-22)25(27)13-9-21-32(19-7-2-8-20-32)23-15-17-30-18-16-23/h1,3-6,10-12,14,23,30H,2,7-9,13,15-21H2/p+1. The van der Waals surface area contributed by atoms with Gasteiger partial charge in [-0.05, 0) is 37.3 Å². The van der Waals surface area contributed by atoms with Crippen LogP contribution in [0.3, 0.4) is 0 Å². The molecule has 34 heavy (non-hydrogen) atoms. The Hall–Kier alpha value is -2.76. The first-order valence-electron chi connectivity index (χ1n) is 12.9. The molecule has 178 valence electrons. The minimum atomic E-state index is -0.856. The molecular formula is C29H36N3O2+. The smallest absolute Gasteiger partial charge is 0.336 e. The minimum absolute atomic E-state index is 0.427. The molecule has 2 aliphatic heterocycles. The number of pyridine rings is 1. The summed E-state index contributed by atoms with van der Waals surface area (Å²) >= 11 is 0. The molecule has 5 rings (SSSR count). The third-order valence-electron chi connectivity index (χ3n) is 8.07. The van der Waals surface area contributed by atoms with E-state index in [4.69, 9.17) is 4.98 Å². The molecule has 2 aromatic carbocycles. The summed E-state index contributed by atoms with van der Waals surface area (Å²) in [5.74, 6) is -0.856.